The fraction of sp³-hybridized carbons (Fsp3) is 0.350. The Morgan fingerprint density at radius 1 is 1.41 bits per heavy atom. The lowest BCUT2D eigenvalue weighted by Crippen LogP contribution is -2.53. The van der Waals surface area contributed by atoms with Crippen LogP contribution in [0.15, 0.2) is 50.5 Å². The normalized spacial score (nSPS) is 23.6. The number of amidine groups is 1. The van der Waals surface area contributed by atoms with Crippen molar-refractivity contribution in [3.63, 3.8) is 0 Å². The van der Waals surface area contributed by atoms with Gasteiger partial charge in [-0.05, 0) is 24.1 Å². The number of piperidine rings is 1. The Kier molecular flexibility index (Phi) is 6.39. The molecule has 1 fully saturated rings. The number of aromatic nitrogens is 1. The summed E-state index contributed by atoms with van der Waals surface area (Å²) in [5.74, 6) is -4.79. The summed E-state index contributed by atoms with van der Waals surface area (Å²) < 4.78 is 42.1. The van der Waals surface area contributed by atoms with Gasteiger partial charge in [-0.25, -0.2) is 22.9 Å². The number of alkyl halides is 2. The molecule has 7 nitrogen and oxygen atoms in total. The number of aliphatic hydroxyl groups is 1. The van der Waals surface area contributed by atoms with Gasteiger partial charge in [0.05, 0.1) is 12.1 Å². The molecule has 32 heavy (non-hydrogen) atoms. The minimum Gasteiger partial charge on any atom is -0.478 e. The Bertz CT molecular complexity index is 1090. The molecule has 3 N–H and O–H groups in total. The van der Waals surface area contributed by atoms with E-state index in [1.807, 2.05) is 0 Å². The van der Waals surface area contributed by atoms with Crippen LogP contribution in [0.1, 0.15) is 23.0 Å². The molecule has 3 heterocycles. The van der Waals surface area contributed by atoms with Crippen molar-refractivity contribution in [2.75, 3.05) is 19.6 Å². The van der Waals surface area contributed by atoms with Crippen LogP contribution in [0.5, 0.6) is 0 Å². The van der Waals surface area contributed by atoms with Crippen molar-refractivity contribution >= 4 is 39.1 Å². The fourth-order valence-electron chi connectivity index (χ4n) is 3.73. The zero-order chi connectivity index (χ0) is 23.0. The molecular formula is C20H18BrF3N4O3S. The monoisotopic (exact) mass is 530 g/mol. The first-order valence-corrected chi connectivity index (χ1v) is 11.3. The maximum absolute atomic E-state index is 14.1. The highest BCUT2D eigenvalue weighted by molar-refractivity contribution is 9.10. The summed E-state index contributed by atoms with van der Waals surface area (Å²) in [7, 11) is 0. The maximum Gasteiger partial charge on any atom is 0.335 e. The molecule has 1 aromatic heterocycles. The number of rotatable bonds is 5. The van der Waals surface area contributed by atoms with Gasteiger partial charge in [0.1, 0.15) is 18.0 Å². The van der Waals surface area contributed by atoms with E-state index in [2.05, 4.69) is 31.2 Å². The molecule has 170 valence electrons. The Labute approximate surface area is 193 Å². The van der Waals surface area contributed by atoms with Crippen molar-refractivity contribution in [3.8, 4) is 0 Å². The number of nitrogens with zero attached hydrogens (tertiary/aromatic N) is 3. The molecule has 2 aliphatic rings. The first-order chi connectivity index (χ1) is 15.2. The van der Waals surface area contributed by atoms with Crippen molar-refractivity contribution in [3.05, 3.63) is 61.9 Å². The van der Waals surface area contributed by atoms with Crippen LogP contribution in [-0.4, -0.2) is 63.6 Å². The molecule has 1 aromatic carbocycles. The van der Waals surface area contributed by atoms with Crippen LogP contribution in [-0.2, 0) is 4.79 Å². The Morgan fingerprint density at radius 2 is 2.19 bits per heavy atom. The van der Waals surface area contributed by atoms with Gasteiger partial charge in [-0.2, -0.15) is 0 Å². The molecule has 12 heteroatoms. The van der Waals surface area contributed by atoms with Crippen LogP contribution in [0.3, 0.4) is 0 Å². The summed E-state index contributed by atoms with van der Waals surface area (Å²) in [6.45, 7) is -0.659. The number of likely N-dealkylation sites (tertiary alicyclic amines) is 1. The van der Waals surface area contributed by atoms with Crippen molar-refractivity contribution in [1.82, 2.24) is 15.2 Å². The molecule has 0 spiro atoms. The summed E-state index contributed by atoms with van der Waals surface area (Å²) in [5, 5.41) is 24.7. The highest BCUT2D eigenvalue weighted by atomic mass is 79.9. The zero-order valence-electron chi connectivity index (χ0n) is 16.4. The third kappa shape index (κ3) is 4.58. The molecule has 0 saturated carbocycles. The van der Waals surface area contributed by atoms with Crippen LogP contribution in [0.2, 0.25) is 0 Å². The summed E-state index contributed by atoms with van der Waals surface area (Å²) in [4.78, 5) is 22.4. The largest absolute Gasteiger partial charge is 0.478 e. The van der Waals surface area contributed by atoms with E-state index in [1.54, 1.807) is 11.6 Å². The van der Waals surface area contributed by atoms with Crippen molar-refractivity contribution in [2.45, 2.75) is 24.5 Å². The van der Waals surface area contributed by atoms with Gasteiger partial charge in [0.25, 0.3) is 5.92 Å². The lowest BCUT2D eigenvalue weighted by molar-refractivity contribution is -0.148. The molecule has 0 bridgehead atoms. The lowest BCUT2D eigenvalue weighted by atomic mass is 9.95. The Hall–Kier alpha value is -2.28. The molecule has 4 rings (SSSR count). The zero-order valence-corrected chi connectivity index (χ0v) is 18.8. The van der Waals surface area contributed by atoms with Gasteiger partial charge in [-0.1, -0.05) is 22.0 Å². The summed E-state index contributed by atoms with van der Waals surface area (Å²) >= 11 is 4.55. The Morgan fingerprint density at radius 3 is 2.81 bits per heavy atom. The number of carboxylic acids is 1. The standard InChI is InChI=1S/C20H18BrF3N4O3S/c21-12-7-10(22)1-2-11(12)16-15(19(30)31)13(26-17(27-16)18-25-4-6-32-18)8-28-5-3-14(29)20(23,24)9-28/h1-2,4,6-7,14,16,29H,3,5,8-9H2,(H,26,27)(H,30,31). The fourth-order valence-corrected chi connectivity index (χ4v) is 4.88. The maximum atomic E-state index is 14.1. The molecule has 0 aliphatic carbocycles. The Balaban J connectivity index is 1.77. The molecule has 2 unspecified atom stereocenters. The molecular weight excluding hydrogens is 513 g/mol. The van der Waals surface area contributed by atoms with E-state index < -0.39 is 36.4 Å². The van der Waals surface area contributed by atoms with E-state index in [4.69, 9.17) is 0 Å². The topological polar surface area (TPSA) is 98.0 Å². The van der Waals surface area contributed by atoms with Crippen molar-refractivity contribution < 1.29 is 28.2 Å². The third-order valence-corrected chi connectivity index (χ3v) is 6.74. The molecule has 1 saturated heterocycles. The molecule has 2 aromatic rings. The number of hydrogen-bond donors (Lipinski definition) is 3. The first-order valence-electron chi connectivity index (χ1n) is 9.60. The van der Waals surface area contributed by atoms with E-state index in [0.29, 0.717) is 20.9 Å². The second kappa shape index (κ2) is 8.93. The number of nitrogens with one attached hydrogen (secondary N) is 1. The number of aliphatic imine (C=N–C) groups is 1. The summed E-state index contributed by atoms with van der Waals surface area (Å²) in [6.07, 6.45) is -0.306. The predicted molar refractivity (Wildman–Crippen MR) is 115 cm³/mol. The van der Waals surface area contributed by atoms with Gasteiger partial charge in [-0.15, -0.1) is 11.3 Å². The minimum atomic E-state index is -3.30. The number of carbonyl (C=O) groups is 1. The van der Waals surface area contributed by atoms with Gasteiger partial charge in [0.2, 0.25) is 0 Å². The number of halogens is 4. The minimum absolute atomic E-state index is 0.121. The quantitative estimate of drug-likeness (QED) is 0.549. The highest BCUT2D eigenvalue weighted by Crippen LogP contribution is 2.37. The molecule has 2 aliphatic heterocycles. The average Bonchev–Trinajstić information content (AvgIpc) is 3.25. The van der Waals surface area contributed by atoms with Crippen molar-refractivity contribution in [1.29, 1.82) is 0 Å². The van der Waals surface area contributed by atoms with Crippen LogP contribution in [0.25, 0.3) is 0 Å². The van der Waals surface area contributed by atoms with Crippen LogP contribution >= 0.6 is 27.3 Å². The third-order valence-electron chi connectivity index (χ3n) is 5.27. The lowest BCUT2D eigenvalue weighted by Gasteiger charge is -2.37. The molecule has 0 radical (unpaired) electrons. The van der Waals surface area contributed by atoms with Crippen LogP contribution in [0, 0.1) is 5.82 Å². The summed E-state index contributed by atoms with van der Waals surface area (Å²) in [5.41, 5.74) is 0.467. The molecule has 0 amide bonds. The summed E-state index contributed by atoms with van der Waals surface area (Å²) in [6, 6.07) is 2.83. The van der Waals surface area contributed by atoms with Gasteiger partial charge in [0.15, 0.2) is 10.8 Å². The first kappa shape index (κ1) is 22.9. The van der Waals surface area contributed by atoms with Crippen LogP contribution in [0.4, 0.5) is 13.2 Å². The van der Waals surface area contributed by atoms with E-state index in [9.17, 15) is 28.2 Å². The van der Waals surface area contributed by atoms with Gasteiger partial charge in [0, 0.05) is 34.8 Å². The number of benzene rings is 1. The average molecular weight is 531 g/mol. The number of thiazole rings is 1. The van der Waals surface area contributed by atoms with E-state index in [0.717, 1.165) is 0 Å². The van der Waals surface area contributed by atoms with E-state index in [-0.39, 0.29) is 30.8 Å². The van der Waals surface area contributed by atoms with Crippen molar-refractivity contribution in [2.24, 2.45) is 4.99 Å². The number of aliphatic carboxylic acids is 1. The van der Waals surface area contributed by atoms with E-state index in [1.165, 1.54) is 34.4 Å². The second-order valence-electron chi connectivity index (χ2n) is 7.48. The van der Waals surface area contributed by atoms with Gasteiger partial charge < -0.3 is 15.5 Å². The number of hydrogen-bond acceptors (Lipinski definition) is 7. The van der Waals surface area contributed by atoms with Crippen LogP contribution < -0.4 is 5.32 Å². The number of carboxylic acid groups (broad SMARTS) is 1. The number of aliphatic hydroxyl groups excluding tert-OH is 1. The van der Waals surface area contributed by atoms with Gasteiger partial charge in [-0.3, -0.25) is 9.89 Å². The SMILES string of the molecule is O=C(O)C1=C(CN2CCC(O)C(F)(F)C2)NC(c2nccs2)=NC1c1ccc(F)cc1Br. The second-order valence-corrected chi connectivity index (χ2v) is 9.23. The van der Waals surface area contributed by atoms with E-state index >= 15 is 0 Å². The molecule has 2 atom stereocenters. The predicted octanol–water partition coefficient (Wildman–Crippen LogP) is 3.18. The highest BCUT2D eigenvalue weighted by Gasteiger charge is 2.44. The smallest absolute Gasteiger partial charge is 0.335 e. The van der Waals surface area contributed by atoms with Gasteiger partial charge >= 0.3 is 5.97 Å².